The van der Waals surface area contributed by atoms with Crippen molar-refractivity contribution in [2.75, 3.05) is 23.3 Å². The molecule has 0 saturated carbocycles. The third kappa shape index (κ3) is 4.56. The molecule has 7 heteroatoms. The maximum Gasteiger partial charge on any atom is 0.227 e. The Hall–Kier alpha value is -3.35. The van der Waals surface area contributed by atoms with E-state index >= 15 is 0 Å². The first-order valence-electron chi connectivity index (χ1n) is 9.48. The molecule has 0 unspecified atom stereocenters. The molecule has 2 heterocycles. The van der Waals surface area contributed by atoms with Crippen molar-refractivity contribution in [3.63, 3.8) is 0 Å². The van der Waals surface area contributed by atoms with Crippen LogP contribution in [0, 0.1) is 17.6 Å². The van der Waals surface area contributed by atoms with Crippen LogP contribution in [0.4, 0.5) is 20.3 Å². The van der Waals surface area contributed by atoms with Crippen LogP contribution in [0.15, 0.2) is 60.9 Å². The lowest BCUT2D eigenvalue weighted by Gasteiger charge is -2.32. The Morgan fingerprint density at radius 1 is 0.966 bits per heavy atom. The maximum absolute atomic E-state index is 13.5. The van der Waals surface area contributed by atoms with Gasteiger partial charge in [0, 0.05) is 36.3 Å². The minimum absolute atomic E-state index is 0.0561. The highest BCUT2D eigenvalue weighted by molar-refractivity contribution is 5.92. The summed E-state index contributed by atoms with van der Waals surface area (Å²) in [5.74, 6) is -0.0497. The minimum atomic E-state index is -0.334. The second kappa shape index (κ2) is 8.34. The molecule has 0 spiro atoms. The number of benzene rings is 2. The second-order valence-electron chi connectivity index (χ2n) is 7.03. The van der Waals surface area contributed by atoms with Crippen LogP contribution in [0.1, 0.15) is 12.8 Å². The molecule has 1 N–H and O–H groups in total. The highest BCUT2D eigenvalue weighted by atomic mass is 19.1. The molecule has 0 bridgehead atoms. The van der Waals surface area contributed by atoms with Crippen molar-refractivity contribution in [2.45, 2.75) is 12.8 Å². The molecule has 1 aliphatic heterocycles. The predicted molar refractivity (Wildman–Crippen MR) is 107 cm³/mol. The quantitative estimate of drug-likeness (QED) is 0.718. The number of nitrogens with zero attached hydrogens (tertiary/aromatic N) is 3. The largest absolute Gasteiger partial charge is 0.356 e. The number of halogens is 2. The molecule has 2 aromatic carbocycles. The fraction of sp³-hybridized carbons (Fsp3) is 0.227. The Morgan fingerprint density at radius 3 is 2.45 bits per heavy atom. The van der Waals surface area contributed by atoms with E-state index < -0.39 is 0 Å². The van der Waals surface area contributed by atoms with Gasteiger partial charge in [0.15, 0.2) is 0 Å². The van der Waals surface area contributed by atoms with Gasteiger partial charge in [0.2, 0.25) is 5.91 Å². The normalized spacial score (nSPS) is 14.6. The Balaban J connectivity index is 1.39. The maximum atomic E-state index is 13.5. The number of carbonyl (C=O) groups excluding carboxylic acids is 1. The van der Waals surface area contributed by atoms with E-state index in [-0.39, 0.29) is 23.5 Å². The van der Waals surface area contributed by atoms with Gasteiger partial charge in [-0.3, -0.25) is 4.79 Å². The zero-order chi connectivity index (χ0) is 20.2. The number of rotatable bonds is 4. The number of anilines is 2. The van der Waals surface area contributed by atoms with Crippen LogP contribution < -0.4 is 10.2 Å². The van der Waals surface area contributed by atoms with Crippen LogP contribution in [0.5, 0.6) is 0 Å². The molecule has 1 fully saturated rings. The average Bonchev–Trinajstić information content (AvgIpc) is 2.75. The van der Waals surface area contributed by atoms with E-state index in [1.807, 2.05) is 6.07 Å². The highest BCUT2D eigenvalue weighted by Crippen LogP contribution is 2.26. The van der Waals surface area contributed by atoms with E-state index in [0.29, 0.717) is 42.9 Å². The van der Waals surface area contributed by atoms with Crippen LogP contribution >= 0.6 is 0 Å². The van der Waals surface area contributed by atoms with Crippen LogP contribution in [0.3, 0.4) is 0 Å². The lowest BCUT2D eigenvalue weighted by atomic mass is 9.95. The zero-order valence-corrected chi connectivity index (χ0v) is 15.7. The van der Waals surface area contributed by atoms with E-state index in [0.717, 1.165) is 5.82 Å². The van der Waals surface area contributed by atoms with Gasteiger partial charge in [-0.1, -0.05) is 12.1 Å². The van der Waals surface area contributed by atoms with Crippen LogP contribution in [0.25, 0.3) is 11.3 Å². The average molecular weight is 394 g/mol. The van der Waals surface area contributed by atoms with Gasteiger partial charge in [-0.2, -0.15) is 0 Å². The number of piperidine rings is 1. The summed E-state index contributed by atoms with van der Waals surface area (Å²) >= 11 is 0. The molecule has 0 radical (unpaired) electrons. The van der Waals surface area contributed by atoms with Crippen molar-refractivity contribution >= 4 is 17.4 Å². The van der Waals surface area contributed by atoms with Gasteiger partial charge in [0.05, 0.1) is 5.69 Å². The Labute approximate surface area is 167 Å². The standard InChI is InChI=1S/C22H20F2N4O/c23-17-4-6-19(7-5-17)27-22(29)15-8-10-28(11-9-15)21-13-20(25-14-26-21)16-2-1-3-18(24)12-16/h1-7,12-15H,8-11H2,(H,27,29). The molecule has 1 saturated heterocycles. The molecule has 1 aromatic heterocycles. The number of aromatic nitrogens is 2. The Morgan fingerprint density at radius 2 is 1.72 bits per heavy atom. The van der Waals surface area contributed by atoms with Gasteiger partial charge in [0.25, 0.3) is 0 Å². The molecule has 4 rings (SSSR count). The van der Waals surface area contributed by atoms with E-state index in [1.54, 1.807) is 24.3 Å². The van der Waals surface area contributed by atoms with Crippen molar-refractivity contribution in [3.05, 3.63) is 72.6 Å². The molecule has 3 aromatic rings. The SMILES string of the molecule is O=C(Nc1ccc(F)cc1)C1CCN(c2cc(-c3cccc(F)c3)ncn2)CC1. The van der Waals surface area contributed by atoms with Gasteiger partial charge in [-0.25, -0.2) is 18.7 Å². The van der Waals surface area contributed by atoms with Gasteiger partial charge in [-0.05, 0) is 49.2 Å². The third-order valence-electron chi connectivity index (χ3n) is 5.07. The lowest BCUT2D eigenvalue weighted by molar-refractivity contribution is -0.120. The first-order chi connectivity index (χ1) is 14.1. The summed E-state index contributed by atoms with van der Waals surface area (Å²) in [6.07, 6.45) is 2.85. The lowest BCUT2D eigenvalue weighted by Crippen LogP contribution is -2.38. The van der Waals surface area contributed by atoms with Gasteiger partial charge < -0.3 is 10.2 Å². The smallest absolute Gasteiger partial charge is 0.227 e. The molecular formula is C22H20F2N4O. The molecule has 1 aliphatic rings. The first kappa shape index (κ1) is 19.0. The highest BCUT2D eigenvalue weighted by Gasteiger charge is 2.26. The molecule has 148 valence electrons. The van der Waals surface area contributed by atoms with Crippen LogP contribution in [0.2, 0.25) is 0 Å². The summed E-state index contributed by atoms with van der Waals surface area (Å²) in [6, 6.07) is 13.9. The zero-order valence-electron chi connectivity index (χ0n) is 15.7. The molecule has 5 nitrogen and oxygen atoms in total. The van der Waals surface area contributed by atoms with Crippen LogP contribution in [-0.4, -0.2) is 29.0 Å². The van der Waals surface area contributed by atoms with E-state index in [1.165, 1.54) is 30.6 Å². The monoisotopic (exact) mass is 394 g/mol. The molecule has 0 aliphatic carbocycles. The van der Waals surface area contributed by atoms with E-state index in [2.05, 4.69) is 20.2 Å². The first-order valence-corrected chi connectivity index (χ1v) is 9.48. The van der Waals surface area contributed by atoms with E-state index in [9.17, 15) is 13.6 Å². The topological polar surface area (TPSA) is 58.1 Å². The third-order valence-corrected chi connectivity index (χ3v) is 5.07. The summed E-state index contributed by atoms with van der Waals surface area (Å²) in [5.41, 5.74) is 1.95. The van der Waals surface area contributed by atoms with Gasteiger partial charge >= 0.3 is 0 Å². The van der Waals surface area contributed by atoms with Crippen molar-refractivity contribution in [3.8, 4) is 11.3 Å². The van der Waals surface area contributed by atoms with Crippen molar-refractivity contribution in [2.24, 2.45) is 5.92 Å². The van der Waals surface area contributed by atoms with Gasteiger partial charge in [-0.15, -0.1) is 0 Å². The summed E-state index contributed by atoms with van der Waals surface area (Å²) in [4.78, 5) is 23.2. The number of hydrogen-bond donors (Lipinski definition) is 1. The summed E-state index contributed by atoms with van der Waals surface area (Å²) in [6.45, 7) is 1.36. The Kier molecular flexibility index (Phi) is 5.46. The van der Waals surface area contributed by atoms with E-state index in [4.69, 9.17) is 0 Å². The number of amides is 1. The second-order valence-corrected chi connectivity index (χ2v) is 7.03. The summed E-state index contributed by atoms with van der Waals surface area (Å²) in [5, 5.41) is 2.84. The predicted octanol–water partition coefficient (Wildman–Crippen LogP) is 4.28. The number of hydrogen-bond acceptors (Lipinski definition) is 4. The molecule has 29 heavy (non-hydrogen) atoms. The summed E-state index contributed by atoms with van der Waals surface area (Å²) in [7, 11) is 0. The van der Waals surface area contributed by atoms with Gasteiger partial charge in [0.1, 0.15) is 23.8 Å². The van der Waals surface area contributed by atoms with Crippen molar-refractivity contribution in [1.82, 2.24) is 9.97 Å². The fourth-order valence-electron chi connectivity index (χ4n) is 3.47. The van der Waals surface area contributed by atoms with Crippen LogP contribution in [-0.2, 0) is 4.79 Å². The number of nitrogens with one attached hydrogen (secondary N) is 1. The molecule has 0 atom stereocenters. The molecule has 1 amide bonds. The minimum Gasteiger partial charge on any atom is -0.356 e. The summed E-state index contributed by atoms with van der Waals surface area (Å²) < 4.78 is 26.5. The molecular weight excluding hydrogens is 374 g/mol. The fourth-order valence-corrected chi connectivity index (χ4v) is 3.47. The Bertz CT molecular complexity index is 1000. The number of carbonyl (C=O) groups is 1. The van der Waals surface area contributed by atoms with Crippen molar-refractivity contribution in [1.29, 1.82) is 0 Å². The van der Waals surface area contributed by atoms with Crippen molar-refractivity contribution < 1.29 is 13.6 Å².